The molecule has 38 heavy (non-hydrogen) atoms. The Morgan fingerprint density at radius 2 is 1.71 bits per heavy atom. The summed E-state index contributed by atoms with van der Waals surface area (Å²) < 4.78 is 0. The predicted molar refractivity (Wildman–Crippen MR) is 154 cm³/mol. The molecular formula is C29H36ClN3O4S. The van der Waals surface area contributed by atoms with Crippen molar-refractivity contribution in [2.45, 2.75) is 72.4 Å². The monoisotopic (exact) mass is 557 g/mol. The third-order valence-corrected chi connectivity index (χ3v) is 7.87. The van der Waals surface area contributed by atoms with E-state index in [0.717, 1.165) is 11.3 Å². The van der Waals surface area contributed by atoms with Gasteiger partial charge in [0.1, 0.15) is 4.88 Å². The lowest BCUT2D eigenvalue weighted by Gasteiger charge is -2.40. The minimum atomic E-state index is -1.12. The van der Waals surface area contributed by atoms with Crippen molar-refractivity contribution in [2.75, 3.05) is 17.7 Å². The van der Waals surface area contributed by atoms with Crippen molar-refractivity contribution >= 4 is 52.1 Å². The smallest absolute Gasteiger partial charge is 0.348 e. The summed E-state index contributed by atoms with van der Waals surface area (Å²) in [4.78, 5) is 42.9. The Hall–Kier alpha value is -3.02. The normalized spacial score (nSPS) is 17.5. The van der Waals surface area contributed by atoms with E-state index in [9.17, 15) is 19.5 Å². The van der Waals surface area contributed by atoms with Gasteiger partial charge in [-0.1, -0.05) is 37.3 Å². The number of nitrogen functional groups attached to an aromatic ring is 1. The Morgan fingerprint density at radius 3 is 2.24 bits per heavy atom. The molecule has 1 saturated carbocycles. The number of halogens is 1. The Balaban J connectivity index is 2.04. The van der Waals surface area contributed by atoms with Crippen molar-refractivity contribution in [3.63, 3.8) is 0 Å². The molecule has 0 aliphatic heterocycles. The van der Waals surface area contributed by atoms with Gasteiger partial charge in [-0.25, -0.2) is 4.79 Å². The molecule has 1 aromatic carbocycles. The summed E-state index contributed by atoms with van der Waals surface area (Å²) in [5.41, 5.74) is 6.71. The highest BCUT2D eigenvalue weighted by Crippen LogP contribution is 2.38. The third-order valence-electron chi connectivity index (χ3n) is 6.61. The number of aromatic carboxylic acids is 1. The molecule has 204 valence electrons. The Kier molecular flexibility index (Phi) is 9.17. The highest BCUT2D eigenvalue weighted by Gasteiger charge is 2.36. The van der Waals surface area contributed by atoms with Crippen LogP contribution in [-0.2, 0) is 4.79 Å². The van der Waals surface area contributed by atoms with Crippen LogP contribution in [0.25, 0.3) is 0 Å². The molecule has 2 aromatic rings. The van der Waals surface area contributed by atoms with E-state index >= 15 is 0 Å². The van der Waals surface area contributed by atoms with Crippen molar-refractivity contribution < 1.29 is 19.5 Å². The number of carboxylic acid groups (broad SMARTS) is 1. The summed E-state index contributed by atoms with van der Waals surface area (Å²) in [5.74, 6) is 4.71. The van der Waals surface area contributed by atoms with E-state index in [4.69, 9.17) is 17.3 Å². The second kappa shape index (κ2) is 11.8. The molecule has 3 rings (SSSR count). The number of rotatable bonds is 6. The van der Waals surface area contributed by atoms with Gasteiger partial charge in [0.2, 0.25) is 5.91 Å². The number of hydrogen-bond donors (Lipinski definition) is 2. The predicted octanol–water partition coefficient (Wildman–Crippen LogP) is 6.15. The number of thiophene rings is 1. The van der Waals surface area contributed by atoms with Gasteiger partial charge in [-0.2, -0.15) is 0 Å². The van der Waals surface area contributed by atoms with Crippen molar-refractivity contribution in [1.29, 1.82) is 0 Å². The highest BCUT2D eigenvalue weighted by molar-refractivity contribution is 7.15. The summed E-state index contributed by atoms with van der Waals surface area (Å²) in [5, 5.41) is 10.5. The number of nitrogens with zero attached hydrogens (tertiary/aromatic N) is 2. The van der Waals surface area contributed by atoms with Gasteiger partial charge < -0.3 is 20.6 Å². The van der Waals surface area contributed by atoms with Crippen LogP contribution in [-0.4, -0.2) is 46.9 Å². The molecule has 1 heterocycles. The summed E-state index contributed by atoms with van der Waals surface area (Å²) >= 11 is 7.13. The van der Waals surface area contributed by atoms with E-state index in [2.05, 4.69) is 11.8 Å². The van der Waals surface area contributed by atoms with Gasteiger partial charge in [0, 0.05) is 41.2 Å². The van der Waals surface area contributed by atoms with Crippen molar-refractivity contribution in [2.24, 2.45) is 11.3 Å². The molecule has 0 atom stereocenters. The number of benzene rings is 1. The number of hydrogen-bond acceptors (Lipinski definition) is 5. The molecule has 0 radical (unpaired) electrons. The fraction of sp³-hybridized carbons (Fsp3) is 0.483. The summed E-state index contributed by atoms with van der Waals surface area (Å²) in [6, 6.07) is 6.17. The van der Waals surface area contributed by atoms with Crippen molar-refractivity contribution in [3.05, 3.63) is 44.6 Å². The van der Waals surface area contributed by atoms with Crippen LogP contribution in [0.1, 0.15) is 85.2 Å². The van der Waals surface area contributed by atoms with Crippen LogP contribution in [0, 0.1) is 23.2 Å². The number of nitrogens with two attached hydrogens (primary N) is 1. The van der Waals surface area contributed by atoms with Crippen LogP contribution in [0.5, 0.6) is 0 Å². The second-order valence-electron chi connectivity index (χ2n) is 11.1. The van der Waals surface area contributed by atoms with Gasteiger partial charge in [0.25, 0.3) is 5.91 Å². The van der Waals surface area contributed by atoms with Crippen LogP contribution in [0.4, 0.5) is 11.4 Å². The van der Waals surface area contributed by atoms with E-state index in [1.54, 1.807) is 28.0 Å². The average molecular weight is 558 g/mol. The van der Waals surface area contributed by atoms with E-state index in [1.165, 1.54) is 6.07 Å². The van der Waals surface area contributed by atoms with Crippen LogP contribution in [0.3, 0.4) is 0 Å². The van der Waals surface area contributed by atoms with Crippen molar-refractivity contribution in [3.8, 4) is 11.8 Å². The molecule has 0 bridgehead atoms. The molecule has 3 N–H and O–H groups in total. The van der Waals surface area contributed by atoms with Crippen LogP contribution in [0.15, 0.2) is 24.3 Å². The standard InChI is InChI=1S/C29H36ClN3O4S/c1-17(2)26(34)32(6)19-8-10-20(11-9-19)33(27(35)22-12-7-18(30)15-23(22)31)24-16-21(13-14-29(3,4)5)38-25(24)28(36)37/h7,12,15-17,19-20H,8-11,31H2,1-6H3,(H,36,37). The first-order valence-corrected chi connectivity index (χ1v) is 13.9. The minimum Gasteiger partial charge on any atom is -0.477 e. The first-order chi connectivity index (χ1) is 17.7. The molecule has 1 fully saturated rings. The molecule has 7 nitrogen and oxygen atoms in total. The summed E-state index contributed by atoms with van der Waals surface area (Å²) in [6.07, 6.45) is 2.61. The second-order valence-corrected chi connectivity index (χ2v) is 12.6. The third kappa shape index (κ3) is 6.89. The van der Waals surface area contributed by atoms with Gasteiger partial charge in [0.05, 0.1) is 16.1 Å². The fourth-order valence-corrected chi connectivity index (χ4v) is 5.67. The molecule has 1 aromatic heterocycles. The lowest BCUT2D eigenvalue weighted by Crippen LogP contribution is -2.48. The molecule has 1 aliphatic rings. The van der Waals surface area contributed by atoms with E-state index in [-0.39, 0.29) is 51.4 Å². The zero-order valence-corrected chi connectivity index (χ0v) is 24.4. The highest BCUT2D eigenvalue weighted by atomic mass is 35.5. The van der Waals surface area contributed by atoms with Gasteiger partial charge >= 0.3 is 5.97 Å². The molecule has 0 unspecified atom stereocenters. The number of carbonyl (C=O) groups excluding carboxylic acids is 2. The van der Waals surface area contributed by atoms with E-state index < -0.39 is 5.97 Å². The van der Waals surface area contributed by atoms with Crippen LogP contribution in [0.2, 0.25) is 5.02 Å². The lowest BCUT2D eigenvalue weighted by molar-refractivity contribution is -0.135. The number of amides is 2. The summed E-state index contributed by atoms with van der Waals surface area (Å²) in [6.45, 7) is 9.69. The first-order valence-electron chi connectivity index (χ1n) is 12.7. The number of carboxylic acids is 1. The topological polar surface area (TPSA) is 104 Å². The van der Waals surface area contributed by atoms with Gasteiger partial charge in [-0.05, 0) is 70.7 Å². The van der Waals surface area contributed by atoms with Gasteiger partial charge in [-0.3, -0.25) is 9.59 Å². The Labute approximate surface area is 233 Å². The van der Waals surface area contributed by atoms with E-state index in [0.29, 0.717) is 41.3 Å². The maximum absolute atomic E-state index is 14.0. The largest absolute Gasteiger partial charge is 0.477 e. The van der Waals surface area contributed by atoms with Gasteiger partial charge in [-0.15, -0.1) is 11.3 Å². The number of anilines is 2. The lowest BCUT2D eigenvalue weighted by atomic mass is 9.88. The van der Waals surface area contributed by atoms with Crippen LogP contribution < -0.4 is 10.6 Å². The molecule has 9 heteroatoms. The molecule has 2 amide bonds. The fourth-order valence-electron chi connectivity index (χ4n) is 4.65. The maximum Gasteiger partial charge on any atom is 0.348 e. The zero-order valence-electron chi connectivity index (χ0n) is 22.8. The summed E-state index contributed by atoms with van der Waals surface area (Å²) in [7, 11) is 1.83. The average Bonchev–Trinajstić information content (AvgIpc) is 3.26. The molecule has 0 spiro atoms. The molecule has 0 saturated heterocycles. The van der Waals surface area contributed by atoms with E-state index in [1.807, 2.05) is 41.7 Å². The maximum atomic E-state index is 14.0. The quantitative estimate of drug-likeness (QED) is 0.327. The molecule has 1 aliphatic carbocycles. The number of carbonyl (C=O) groups is 3. The SMILES string of the molecule is CC(C)C(=O)N(C)C1CCC(N(C(=O)c2ccc(Cl)cc2N)c2cc(C#CC(C)(C)C)sc2C(=O)O)CC1. The zero-order chi connectivity index (χ0) is 28.4. The minimum absolute atomic E-state index is 0.0540. The molecular weight excluding hydrogens is 522 g/mol. The van der Waals surface area contributed by atoms with Gasteiger partial charge in [0.15, 0.2) is 0 Å². The first kappa shape index (κ1) is 29.5. The van der Waals surface area contributed by atoms with Crippen LogP contribution >= 0.6 is 22.9 Å². The van der Waals surface area contributed by atoms with Crippen molar-refractivity contribution in [1.82, 2.24) is 4.90 Å². The Morgan fingerprint density at radius 1 is 1.11 bits per heavy atom. The Bertz CT molecular complexity index is 1280.